The van der Waals surface area contributed by atoms with E-state index >= 15 is 0 Å². The minimum Gasteiger partial charge on any atom is -0.326 e. The van der Waals surface area contributed by atoms with Crippen molar-refractivity contribution in [2.75, 3.05) is 11.9 Å². The lowest BCUT2D eigenvalue weighted by molar-refractivity contribution is -0.121. The molecule has 2 rings (SSSR count). The van der Waals surface area contributed by atoms with E-state index in [-0.39, 0.29) is 11.9 Å². The van der Waals surface area contributed by atoms with Crippen molar-refractivity contribution < 1.29 is 4.79 Å². The van der Waals surface area contributed by atoms with Crippen molar-refractivity contribution in [2.45, 2.75) is 58.2 Å². The lowest BCUT2D eigenvalue weighted by Crippen LogP contribution is -2.46. The van der Waals surface area contributed by atoms with Crippen LogP contribution in [0.4, 0.5) is 5.69 Å². The van der Waals surface area contributed by atoms with Gasteiger partial charge in [0.25, 0.3) is 0 Å². The quantitative estimate of drug-likeness (QED) is 0.896. The summed E-state index contributed by atoms with van der Waals surface area (Å²) < 4.78 is 0. The fourth-order valence-corrected chi connectivity index (χ4v) is 3.08. The predicted octanol–water partition coefficient (Wildman–Crippen LogP) is 2.74. The smallest absolute Gasteiger partial charge is 0.241 e. The van der Waals surface area contributed by atoms with Gasteiger partial charge in [0.05, 0.1) is 6.04 Å². The average Bonchev–Trinajstić information content (AvgIpc) is 2.71. The molecule has 0 spiro atoms. The highest BCUT2D eigenvalue weighted by atomic mass is 16.2. The van der Waals surface area contributed by atoms with E-state index in [1.165, 1.54) is 25.7 Å². The number of nitrogens with one attached hydrogen (secondary N) is 1. The van der Waals surface area contributed by atoms with Gasteiger partial charge in [-0.2, -0.15) is 0 Å². The minimum atomic E-state index is -0.107. The highest BCUT2D eigenvalue weighted by molar-refractivity contribution is 5.95. The first-order valence-electron chi connectivity index (χ1n) is 7.98. The maximum absolute atomic E-state index is 12.5. The summed E-state index contributed by atoms with van der Waals surface area (Å²) in [6.07, 6.45) is 4.89. The van der Waals surface area contributed by atoms with Crippen LogP contribution in [0.2, 0.25) is 0 Å². The number of carbonyl (C=O) groups is 1. The Balaban J connectivity index is 2.04. The van der Waals surface area contributed by atoms with Crippen LogP contribution in [0.1, 0.15) is 45.1 Å². The molecule has 1 aromatic carbocycles. The summed E-state index contributed by atoms with van der Waals surface area (Å²) in [4.78, 5) is 14.9. The second-order valence-electron chi connectivity index (χ2n) is 5.96. The molecular weight excluding hydrogens is 262 g/mol. The number of rotatable bonds is 4. The molecule has 4 heteroatoms. The third kappa shape index (κ3) is 4.05. The van der Waals surface area contributed by atoms with Gasteiger partial charge < -0.3 is 11.1 Å². The minimum absolute atomic E-state index is 0.0599. The van der Waals surface area contributed by atoms with Crippen molar-refractivity contribution in [1.82, 2.24) is 4.90 Å². The van der Waals surface area contributed by atoms with Crippen molar-refractivity contribution in [3.63, 3.8) is 0 Å². The second kappa shape index (κ2) is 7.57. The molecule has 4 nitrogen and oxygen atoms in total. The molecule has 3 N–H and O–H groups in total. The van der Waals surface area contributed by atoms with Crippen LogP contribution in [0.25, 0.3) is 0 Å². The van der Waals surface area contributed by atoms with Crippen LogP contribution in [0.5, 0.6) is 0 Å². The first-order chi connectivity index (χ1) is 10.1. The standard InChI is InChI=1S/C17H27N3O/c1-13-8-4-3-7-11-20(13)14(2)17(21)19-16-10-6-5-9-15(16)12-18/h5-6,9-10,13-14H,3-4,7-8,11-12,18H2,1-2H3,(H,19,21). The fourth-order valence-electron chi connectivity index (χ4n) is 3.08. The summed E-state index contributed by atoms with van der Waals surface area (Å²) in [7, 11) is 0. The zero-order valence-corrected chi connectivity index (χ0v) is 13.1. The monoisotopic (exact) mass is 289 g/mol. The van der Waals surface area contributed by atoms with E-state index in [0.717, 1.165) is 17.8 Å². The van der Waals surface area contributed by atoms with Gasteiger partial charge >= 0.3 is 0 Å². The third-order valence-electron chi connectivity index (χ3n) is 4.48. The van der Waals surface area contributed by atoms with Gasteiger partial charge in [0.2, 0.25) is 5.91 Å². The second-order valence-corrected chi connectivity index (χ2v) is 5.96. The van der Waals surface area contributed by atoms with Crippen LogP contribution < -0.4 is 11.1 Å². The van der Waals surface area contributed by atoms with Crippen molar-refractivity contribution in [2.24, 2.45) is 5.73 Å². The van der Waals surface area contributed by atoms with E-state index in [0.29, 0.717) is 12.6 Å². The van der Waals surface area contributed by atoms with Crippen LogP contribution in [0, 0.1) is 0 Å². The van der Waals surface area contributed by atoms with E-state index in [2.05, 4.69) is 17.1 Å². The van der Waals surface area contributed by atoms with Crippen molar-refractivity contribution in [3.05, 3.63) is 29.8 Å². The SMILES string of the molecule is CC1CCCCCN1C(C)C(=O)Nc1ccccc1CN. The number of amides is 1. The molecule has 1 amide bonds. The molecule has 0 radical (unpaired) electrons. The third-order valence-corrected chi connectivity index (χ3v) is 4.48. The van der Waals surface area contributed by atoms with Gasteiger partial charge in [-0.25, -0.2) is 0 Å². The molecule has 21 heavy (non-hydrogen) atoms. The van der Waals surface area contributed by atoms with Crippen molar-refractivity contribution in [1.29, 1.82) is 0 Å². The molecule has 1 aliphatic rings. The molecule has 0 saturated carbocycles. The van der Waals surface area contributed by atoms with Crippen molar-refractivity contribution >= 4 is 11.6 Å². The van der Waals surface area contributed by atoms with Gasteiger partial charge in [0.15, 0.2) is 0 Å². The number of likely N-dealkylation sites (tertiary alicyclic amines) is 1. The first kappa shape index (κ1) is 16.0. The lowest BCUT2D eigenvalue weighted by atomic mass is 10.1. The van der Waals surface area contributed by atoms with Gasteiger partial charge in [-0.3, -0.25) is 9.69 Å². The fraction of sp³-hybridized carbons (Fsp3) is 0.588. The number of hydrogen-bond donors (Lipinski definition) is 2. The molecule has 1 heterocycles. The Kier molecular flexibility index (Phi) is 5.76. The van der Waals surface area contributed by atoms with Gasteiger partial charge in [0, 0.05) is 18.3 Å². The largest absolute Gasteiger partial charge is 0.326 e. The summed E-state index contributed by atoms with van der Waals surface area (Å²) in [6, 6.07) is 8.10. The number of anilines is 1. The topological polar surface area (TPSA) is 58.4 Å². The lowest BCUT2D eigenvalue weighted by Gasteiger charge is -2.32. The van der Waals surface area contributed by atoms with E-state index in [1.54, 1.807) is 0 Å². The Bertz CT molecular complexity index is 475. The molecule has 2 atom stereocenters. The summed E-state index contributed by atoms with van der Waals surface area (Å²) in [5, 5.41) is 3.04. The molecule has 0 aromatic heterocycles. The van der Waals surface area contributed by atoms with E-state index in [1.807, 2.05) is 31.2 Å². The van der Waals surface area contributed by atoms with Crippen LogP contribution in [0.3, 0.4) is 0 Å². The molecule has 1 fully saturated rings. The van der Waals surface area contributed by atoms with Crippen LogP contribution in [-0.4, -0.2) is 29.4 Å². The maximum Gasteiger partial charge on any atom is 0.241 e. The van der Waals surface area contributed by atoms with Gasteiger partial charge in [-0.1, -0.05) is 31.0 Å². The highest BCUT2D eigenvalue weighted by Crippen LogP contribution is 2.20. The Morgan fingerprint density at radius 2 is 2.14 bits per heavy atom. The Hall–Kier alpha value is -1.39. The van der Waals surface area contributed by atoms with Gasteiger partial charge in [0.1, 0.15) is 0 Å². The molecule has 1 aromatic rings. The number of para-hydroxylation sites is 1. The Morgan fingerprint density at radius 3 is 2.90 bits per heavy atom. The number of carbonyl (C=O) groups excluding carboxylic acids is 1. The number of benzene rings is 1. The molecule has 0 aliphatic carbocycles. The highest BCUT2D eigenvalue weighted by Gasteiger charge is 2.26. The zero-order valence-electron chi connectivity index (χ0n) is 13.1. The maximum atomic E-state index is 12.5. The number of hydrogen-bond acceptors (Lipinski definition) is 3. The van der Waals surface area contributed by atoms with Crippen LogP contribution in [-0.2, 0) is 11.3 Å². The first-order valence-corrected chi connectivity index (χ1v) is 7.98. The zero-order chi connectivity index (χ0) is 15.2. The Labute approximate surface area is 127 Å². The van der Waals surface area contributed by atoms with Gasteiger partial charge in [-0.05, 0) is 44.9 Å². The van der Waals surface area contributed by atoms with Gasteiger partial charge in [-0.15, -0.1) is 0 Å². The summed E-state index contributed by atoms with van der Waals surface area (Å²) in [5.74, 6) is 0.0599. The number of nitrogens with zero attached hydrogens (tertiary/aromatic N) is 1. The number of nitrogens with two attached hydrogens (primary N) is 1. The molecule has 0 bridgehead atoms. The van der Waals surface area contributed by atoms with Crippen LogP contribution in [0.15, 0.2) is 24.3 Å². The van der Waals surface area contributed by atoms with Crippen molar-refractivity contribution in [3.8, 4) is 0 Å². The van der Waals surface area contributed by atoms with E-state index in [9.17, 15) is 4.79 Å². The Morgan fingerprint density at radius 1 is 1.38 bits per heavy atom. The summed E-state index contributed by atoms with van der Waals surface area (Å²) in [6.45, 7) is 5.67. The summed E-state index contributed by atoms with van der Waals surface area (Å²) >= 11 is 0. The van der Waals surface area contributed by atoms with E-state index in [4.69, 9.17) is 5.73 Å². The van der Waals surface area contributed by atoms with E-state index < -0.39 is 0 Å². The normalized spacial score (nSPS) is 21.6. The molecule has 2 unspecified atom stereocenters. The molecule has 1 aliphatic heterocycles. The molecule has 1 saturated heterocycles. The predicted molar refractivity (Wildman–Crippen MR) is 87.1 cm³/mol. The average molecular weight is 289 g/mol. The van der Waals surface area contributed by atoms with Crippen LogP contribution >= 0.6 is 0 Å². The molecular formula is C17H27N3O. The summed E-state index contributed by atoms with van der Waals surface area (Å²) in [5.41, 5.74) is 7.53. The molecule has 116 valence electrons.